The van der Waals surface area contributed by atoms with Crippen LogP contribution in [0.5, 0.6) is 0 Å². The summed E-state index contributed by atoms with van der Waals surface area (Å²) < 4.78 is 13.0. The Morgan fingerprint density at radius 1 is 1.22 bits per heavy atom. The van der Waals surface area contributed by atoms with Crippen molar-refractivity contribution in [3.63, 3.8) is 0 Å². The summed E-state index contributed by atoms with van der Waals surface area (Å²) in [5.41, 5.74) is 3.33. The number of hydrogen-bond donors (Lipinski definition) is 1. The van der Waals surface area contributed by atoms with Gasteiger partial charge in [-0.3, -0.25) is 4.98 Å². The molecular formula is C15H17FN2. The summed E-state index contributed by atoms with van der Waals surface area (Å²) in [5, 5.41) is 3.36. The average molecular weight is 244 g/mol. The van der Waals surface area contributed by atoms with Crippen molar-refractivity contribution in [1.29, 1.82) is 0 Å². The van der Waals surface area contributed by atoms with Gasteiger partial charge in [-0.15, -0.1) is 0 Å². The van der Waals surface area contributed by atoms with Crippen molar-refractivity contribution in [2.75, 3.05) is 0 Å². The predicted octanol–water partition coefficient (Wildman–Crippen LogP) is 3.38. The number of nitrogens with zero attached hydrogens (tertiary/aromatic N) is 1. The molecule has 1 aromatic heterocycles. The number of benzene rings is 1. The molecule has 0 amide bonds. The third-order valence-corrected chi connectivity index (χ3v) is 2.95. The van der Waals surface area contributed by atoms with Crippen molar-refractivity contribution in [3.8, 4) is 0 Å². The van der Waals surface area contributed by atoms with Gasteiger partial charge >= 0.3 is 0 Å². The van der Waals surface area contributed by atoms with Crippen molar-refractivity contribution in [2.45, 2.75) is 26.4 Å². The van der Waals surface area contributed by atoms with E-state index >= 15 is 0 Å². The van der Waals surface area contributed by atoms with Crippen LogP contribution in [-0.4, -0.2) is 4.98 Å². The van der Waals surface area contributed by atoms with E-state index in [9.17, 15) is 4.39 Å². The number of pyridine rings is 1. The maximum absolute atomic E-state index is 13.0. The van der Waals surface area contributed by atoms with Gasteiger partial charge in [-0.25, -0.2) is 4.39 Å². The second-order valence-electron chi connectivity index (χ2n) is 4.52. The van der Waals surface area contributed by atoms with Gasteiger partial charge < -0.3 is 5.32 Å². The van der Waals surface area contributed by atoms with Crippen molar-refractivity contribution < 1.29 is 4.39 Å². The maximum atomic E-state index is 13.0. The van der Waals surface area contributed by atoms with Crippen LogP contribution in [0.25, 0.3) is 0 Å². The van der Waals surface area contributed by atoms with Crippen molar-refractivity contribution in [3.05, 3.63) is 65.2 Å². The Kier molecular flexibility index (Phi) is 4.05. The fraction of sp³-hybridized carbons (Fsp3) is 0.267. The first-order valence-corrected chi connectivity index (χ1v) is 6.04. The standard InChI is InChI=1S/C15H17FN2/c1-11-3-5-14(6-4-11)12(2)18-9-13-7-15(16)10-17-8-13/h3-8,10,12,18H,9H2,1-2H3/t12-/m1/s1. The Bertz CT molecular complexity index is 508. The van der Waals surface area contributed by atoms with Gasteiger partial charge in [0.2, 0.25) is 0 Å². The first-order valence-electron chi connectivity index (χ1n) is 6.04. The molecule has 2 rings (SSSR count). The number of hydrogen-bond acceptors (Lipinski definition) is 2. The van der Waals surface area contributed by atoms with Crippen LogP contribution in [0.4, 0.5) is 4.39 Å². The molecule has 1 aromatic carbocycles. The molecule has 94 valence electrons. The van der Waals surface area contributed by atoms with E-state index in [0.29, 0.717) is 6.54 Å². The van der Waals surface area contributed by atoms with Gasteiger partial charge in [0.25, 0.3) is 0 Å². The van der Waals surface area contributed by atoms with Crippen LogP contribution < -0.4 is 5.32 Å². The highest BCUT2D eigenvalue weighted by Gasteiger charge is 2.04. The molecule has 0 unspecified atom stereocenters. The molecule has 0 fully saturated rings. The summed E-state index contributed by atoms with van der Waals surface area (Å²) in [5.74, 6) is -0.294. The number of aromatic nitrogens is 1. The van der Waals surface area contributed by atoms with Crippen LogP contribution in [-0.2, 0) is 6.54 Å². The molecule has 3 heteroatoms. The smallest absolute Gasteiger partial charge is 0.141 e. The van der Waals surface area contributed by atoms with Gasteiger partial charge in [-0.05, 0) is 31.0 Å². The Labute approximate surface area is 107 Å². The Hall–Kier alpha value is -1.74. The summed E-state index contributed by atoms with van der Waals surface area (Å²) in [4.78, 5) is 3.83. The van der Waals surface area contributed by atoms with Crippen LogP contribution in [0.2, 0.25) is 0 Å². The molecule has 0 aliphatic carbocycles. The molecule has 0 aliphatic rings. The Morgan fingerprint density at radius 3 is 2.61 bits per heavy atom. The zero-order valence-electron chi connectivity index (χ0n) is 10.7. The quantitative estimate of drug-likeness (QED) is 0.891. The lowest BCUT2D eigenvalue weighted by molar-refractivity contribution is 0.566. The maximum Gasteiger partial charge on any atom is 0.141 e. The molecule has 2 nitrogen and oxygen atoms in total. The molecule has 0 saturated carbocycles. The van der Waals surface area contributed by atoms with Crippen LogP contribution in [0, 0.1) is 12.7 Å². The second-order valence-corrected chi connectivity index (χ2v) is 4.52. The molecule has 0 saturated heterocycles. The Morgan fingerprint density at radius 2 is 1.94 bits per heavy atom. The zero-order chi connectivity index (χ0) is 13.0. The third kappa shape index (κ3) is 3.37. The SMILES string of the molecule is Cc1ccc([C@@H](C)NCc2cncc(F)c2)cc1. The normalized spacial score (nSPS) is 12.4. The lowest BCUT2D eigenvalue weighted by Gasteiger charge is -2.14. The van der Waals surface area contributed by atoms with Crippen LogP contribution >= 0.6 is 0 Å². The largest absolute Gasteiger partial charge is 0.306 e. The summed E-state index contributed by atoms with van der Waals surface area (Å²) in [6.45, 7) is 4.78. The highest BCUT2D eigenvalue weighted by Crippen LogP contribution is 2.13. The number of rotatable bonds is 4. The lowest BCUT2D eigenvalue weighted by Crippen LogP contribution is -2.18. The fourth-order valence-electron chi connectivity index (χ4n) is 1.80. The van der Waals surface area contributed by atoms with Gasteiger partial charge in [-0.1, -0.05) is 29.8 Å². The second kappa shape index (κ2) is 5.74. The van der Waals surface area contributed by atoms with Crippen LogP contribution in [0.15, 0.2) is 42.7 Å². The van der Waals surface area contributed by atoms with Gasteiger partial charge in [0.15, 0.2) is 0 Å². The van der Waals surface area contributed by atoms with Crippen LogP contribution in [0.1, 0.15) is 29.7 Å². The van der Waals surface area contributed by atoms with Crippen molar-refractivity contribution >= 4 is 0 Å². The van der Waals surface area contributed by atoms with Gasteiger partial charge in [-0.2, -0.15) is 0 Å². The minimum absolute atomic E-state index is 0.230. The average Bonchev–Trinajstić information content (AvgIpc) is 2.37. The van der Waals surface area contributed by atoms with Crippen molar-refractivity contribution in [1.82, 2.24) is 10.3 Å². The van der Waals surface area contributed by atoms with Crippen LogP contribution in [0.3, 0.4) is 0 Å². The molecule has 0 spiro atoms. The summed E-state index contributed by atoms with van der Waals surface area (Å²) >= 11 is 0. The van der Waals surface area contributed by atoms with E-state index in [2.05, 4.69) is 48.4 Å². The minimum atomic E-state index is -0.294. The molecule has 0 radical (unpaired) electrons. The molecule has 1 heterocycles. The predicted molar refractivity (Wildman–Crippen MR) is 70.6 cm³/mol. The molecular weight excluding hydrogens is 227 g/mol. The van der Waals surface area contributed by atoms with E-state index in [4.69, 9.17) is 0 Å². The van der Waals surface area contributed by atoms with Gasteiger partial charge in [0.05, 0.1) is 6.20 Å². The molecule has 1 N–H and O–H groups in total. The van der Waals surface area contributed by atoms with E-state index < -0.39 is 0 Å². The molecule has 18 heavy (non-hydrogen) atoms. The lowest BCUT2D eigenvalue weighted by atomic mass is 10.1. The highest BCUT2D eigenvalue weighted by molar-refractivity contribution is 5.23. The van der Waals surface area contributed by atoms with Gasteiger partial charge in [0, 0.05) is 18.8 Å². The van der Waals surface area contributed by atoms with E-state index in [0.717, 1.165) is 5.56 Å². The number of nitrogens with one attached hydrogen (secondary N) is 1. The molecule has 0 aliphatic heterocycles. The van der Waals surface area contributed by atoms with Crippen molar-refractivity contribution in [2.24, 2.45) is 0 Å². The molecule has 2 aromatic rings. The number of aryl methyl sites for hydroxylation is 1. The topological polar surface area (TPSA) is 24.9 Å². The highest BCUT2D eigenvalue weighted by atomic mass is 19.1. The monoisotopic (exact) mass is 244 g/mol. The van der Waals surface area contributed by atoms with E-state index in [1.54, 1.807) is 6.20 Å². The first kappa shape index (κ1) is 12.7. The van der Waals surface area contributed by atoms with E-state index in [1.165, 1.54) is 23.4 Å². The summed E-state index contributed by atoms with van der Waals surface area (Å²) in [6.07, 6.45) is 2.89. The van der Waals surface area contributed by atoms with Gasteiger partial charge in [0.1, 0.15) is 5.82 Å². The molecule has 0 bridgehead atoms. The fourth-order valence-corrected chi connectivity index (χ4v) is 1.80. The summed E-state index contributed by atoms with van der Waals surface area (Å²) in [7, 11) is 0. The number of halogens is 1. The van der Waals surface area contributed by atoms with E-state index in [-0.39, 0.29) is 11.9 Å². The first-order chi connectivity index (χ1) is 8.65. The van der Waals surface area contributed by atoms with E-state index in [1.807, 2.05) is 0 Å². The molecule has 1 atom stereocenters. The third-order valence-electron chi connectivity index (χ3n) is 2.95. The minimum Gasteiger partial charge on any atom is -0.306 e. The summed E-state index contributed by atoms with van der Waals surface area (Å²) in [6, 6.07) is 10.1. The zero-order valence-corrected chi connectivity index (χ0v) is 10.7. The Balaban J connectivity index is 1.96.